The van der Waals surface area contributed by atoms with Crippen molar-refractivity contribution in [1.29, 1.82) is 0 Å². The Morgan fingerprint density at radius 3 is 1.81 bits per heavy atom. The van der Waals surface area contributed by atoms with E-state index >= 15 is 0 Å². The van der Waals surface area contributed by atoms with Gasteiger partial charge in [-0.3, -0.25) is 9.79 Å². The van der Waals surface area contributed by atoms with Crippen LogP contribution in [0.3, 0.4) is 0 Å². The molecule has 0 spiro atoms. The van der Waals surface area contributed by atoms with Crippen LogP contribution in [0.2, 0.25) is 0 Å². The van der Waals surface area contributed by atoms with Crippen molar-refractivity contribution in [2.75, 3.05) is 0 Å². The Kier molecular flexibility index (Phi) is 6.09. The third-order valence-corrected chi connectivity index (χ3v) is 6.46. The second-order valence-electron chi connectivity index (χ2n) is 6.22. The normalized spacial score (nSPS) is 11.6. The summed E-state index contributed by atoms with van der Waals surface area (Å²) in [7, 11) is -0.710. The fourth-order valence-corrected chi connectivity index (χ4v) is 5.32. The zero-order valence-electron chi connectivity index (χ0n) is 15.1. The lowest BCUT2D eigenvalue weighted by Gasteiger charge is -2.21. The summed E-state index contributed by atoms with van der Waals surface area (Å²) in [5, 5.41) is 3.80. The quantitative estimate of drug-likeness (QED) is 0.470. The van der Waals surface area contributed by atoms with Crippen molar-refractivity contribution in [2.24, 2.45) is 4.99 Å². The van der Waals surface area contributed by atoms with E-state index in [9.17, 15) is 4.79 Å². The second kappa shape index (κ2) is 8.69. The number of carbonyl (C=O) groups is 1. The first kappa shape index (κ1) is 18.2. The van der Waals surface area contributed by atoms with Crippen LogP contribution in [0.25, 0.3) is 0 Å². The van der Waals surface area contributed by atoms with Gasteiger partial charge in [-0.1, -0.05) is 78.9 Å². The lowest BCUT2D eigenvalue weighted by Crippen LogP contribution is -2.21. The van der Waals surface area contributed by atoms with E-state index < -0.39 is 7.92 Å². The maximum absolute atomic E-state index is 11.4. The predicted molar refractivity (Wildman–Crippen MR) is 113 cm³/mol. The lowest BCUT2D eigenvalue weighted by molar-refractivity contribution is -0.115. The molecule has 0 fully saturated rings. The molecule has 0 saturated heterocycles. The number of benzene rings is 3. The number of carbonyl (C=O) groups excluding carboxylic acids is 1. The zero-order chi connectivity index (χ0) is 18.4. The molecule has 0 unspecified atom stereocenters. The van der Waals surface area contributed by atoms with Crippen molar-refractivity contribution >= 4 is 41.0 Å². The van der Waals surface area contributed by atoms with Crippen molar-refractivity contribution in [3.05, 3.63) is 84.9 Å². The van der Waals surface area contributed by atoms with E-state index in [4.69, 9.17) is 4.99 Å². The minimum atomic E-state index is -0.710. The molecule has 0 amide bonds. The summed E-state index contributed by atoms with van der Waals surface area (Å²) in [5.74, 6) is 0.136. The molecule has 0 aliphatic rings. The van der Waals surface area contributed by atoms with Crippen LogP contribution in [0.1, 0.15) is 20.3 Å². The zero-order valence-corrected chi connectivity index (χ0v) is 16.0. The molecule has 0 aromatic heterocycles. The Morgan fingerprint density at radius 1 is 0.769 bits per heavy atom. The Labute approximate surface area is 156 Å². The van der Waals surface area contributed by atoms with Gasteiger partial charge >= 0.3 is 0 Å². The highest BCUT2D eigenvalue weighted by atomic mass is 31.1. The minimum absolute atomic E-state index is 0.136. The molecule has 0 saturated carbocycles. The molecule has 0 heterocycles. The molecule has 0 radical (unpaired) electrons. The van der Waals surface area contributed by atoms with Crippen LogP contribution in [0.4, 0.5) is 5.69 Å². The summed E-state index contributed by atoms with van der Waals surface area (Å²) >= 11 is 0. The van der Waals surface area contributed by atoms with Gasteiger partial charge in [-0.25, -0.2) is 0 Å². The van der Waals surface area contributed by atoms with Crippen molar-refractivity contribution < 1.29 is 4.79 Å². The molecule has 130 valence electrons. The van der Waals surface area contributed by atoms with Gasteiger partial charge in [0.1, 0.15) is 5.78 Å². The van der Waals surface area contributed by atoms with Gasteiger partial charge in [0.2, 0.25) is 0 Å². The van der Waals surface area contributed by atoms with Gasteiger partial charge < -0.3 is 0 Å². The van der Waals surface area contributed by atoms with Gasteiger partial charge in [0, 0.05) is 17.4 Å². The molecule has 26 heavy (non-hydrogen) atoms. The van der Waals surface area contributed by atoms with E-state index in [1.54, 1.807) is 6.92 Å². The highest BCUT2D eigenvalue weighted by molar-refractivity contribution is 7.80. The van der Waals surface area contributed by atoms with E-state index in [0.717, 1.165) is 11.4 Å². The van der Waals surface area contributed by atoms with Crippen molar-refractivity contribution in [3.8, 4) is 0 Å². The van der Waals surface area contributed by atoms with Gasteiger partial charge in [0.05, 0.1) is 5.69 Å². The number of rotatable bonds is 6. The number of hydrogen-bond donors (Lipinski definition) is 0. The molecule has 0 aliphatic heterocycles. The Morgan fingerprint density at radius 2 is 1.27 bits per heavy atom. The average molecular weight is 359 g/mol. The van der Waals surface area contributed by atoms with Gasteiger partial charge in [-0.05, 0) is 38.4 Å². The molecule has 3 heteroatoms. The van der Waals surface area contributed by atoms with Crippen LogP contribution in [-0.4, -0.2) is 11.5 Å². The molecule has 0 N–H and O–H groups in total. The van der Waals surface area contributed by atoms with Crippen LogP contribution >= 0.6 is 7.92 Å². The molecule has 0 bridgehead atoms. The average Bonchev–Trinajstić information content (AvgIpc) is 2.64. The first-order valence-corrected chi connectivity index (χ1v) is 10.0. The highest BCUT2D eigenvalue weighted by Crippen LogP contribution is 2.36. The van der Waals surface area contributed by atoms with Gasteiger partial charge in [-0.15, -0.1) is 0 Å². The molecule has 2 nitrogen and oxygen atoms in total. The number of nitrogens with zero attached hydrogens (tertiary/aromatic N) is 1. The van der Waals surface area contributed by atoms with Crippen molar-refractivity contribution in [3.63, 3.8) is 0 Å². The van der Waals surface area contributed by atoms with Gasteiger partial charge in [0.25, 0.3) is 0 Å². The van der Waals surface area contributed by atoms with Gasteiger partial charge in [0.15, 0.2) is 0 Å². The molecular formula is C23H22NOP. The molecular weight excluding hydrogens is 337 g/mol. The van der Waals surface area contributed by atoms with Crippen molar-refractivity contribution in [1.82, 2.24) is 0 Å². The highest BCUT2D eigenvalue weighted by Gasteiger charge is 2.19. The minimum Gasteiger partial charge on any atom is -0.300 e. The molecule has 0 aliphatic carbocycles. The van der Waals surface area contributed by atoms with Crippen LogP contribution in [0.5, 0.6) is 0 Å². The summed E-state index contributed by atoms with van der Waals surface area (Å²) in [6.07, 6.45) is 0.392. The standard InChI is InChI=1S/C23H22NOP/c1-18(17-19(2)25)24-22-15-9-10-16-23(22)26(20-11-5-3-6-12-20)21-13-7-4-8-14-21/h3-16H,17H2,1-2H3. The fraction of sp³-hybridized carbons (Fsp3) is 0.130. The number of Topliss-reactive ketones (excluding diaryl/α,β-unsaturated/α-hetero) is 1. The Balaban J connectivity index is 2.13. The summed E-state index contributed by atoms with van der Waals surface area (Å²) in [4.78, 5) is 16.2. The Hall–Kier alpha value is -2.57. The molecule has 3 aromatic carbocycles. The maximum atomic E-state index is 11.4. The lowest BCUT2D eigenvalue weighted by atomic mass is 10.2. The summed E-state index contributed by atoms with van der Waals surface area (Å²) in [6, 6.07) is 29.4. The number of para-hydroxylation sites is 1. The fourth-order valence-electron chi connectivity index (χ4n) is 2.93. The van der Waals surface area contributed by atoms with Crippen LogP contribution in [-0.2, 0) is 4.79 Å². The van der Waals surface area contributed by atoms with Gasteiger partial charge in [-0.2, -0.15) is 0 Å². The Bertz CT molecular complexity index is 864. The van der Waals surface area contributed by atoms with Crippen LogP contribution < -0.4 is 15.9 Å². The summed E-state index contributed by atoms with van der Waals surface area (Å²) < 4.78 is 0. The molecule has 3 rings (SSSR count). The third-order valence-electron chi connectivity index (χ3n) is 3.97. The monoisotopic (exact) mass is 359 g/mol. The summed E-state index contributed by atoms with van der Waals surface area (Å²) in [5.41, 5.74) is 1.80. The van der Waals surface area contributed by atoms with Crippen molar-refractivity contribution in [2.45, 2.75) is 20.3 Å². The summed E-state index contributed by atoms with van der Waals surface area (Å²) in [6.45, 7) is 3.53. The maximum Gasteiger partial charge on any atom is 0.135 e. The first-order valence-electron chi connectivity index (χ1n) is 8.68. The van der Waals surface area contributed by atoms with E-state index in [-0.39, 0.29) is 5.78 Å². The first-order chi connectivity index (χ1) is 12.6. The number of ketones is 1. The van der Waals surface area contributed by atoms with Crippen LogP contribution in [0.15, 0.2) is 89.9 Å². The van der Waals surface area contributed by atoms with E-state index in [0.29, 0.717) is 6.42 Å². The third kappa shape index (κ3) is 4.53. The second-order valence-corrected chi connectivity index (χ2v) is 8.41. The topological polar surface area (TPSA) is 29.4 Å². The van der Waals surface area contributed by atoms with Crippen LogP contribution in [0, 0.1) is 0 Å². The SMILES string of the molecule is CC(=O)CC(C)=Nc1ccccc1P(c1ccccc1)c1ccccc1. The molecule has 3 aromatic rings. The number of aliphatic imine (C=N–C) groups is 1. The largest absolute Gasteiger partial charge is 0.300 e. The van der Waals surface area contributed by atoms with E-state index in [1.807, 2.05) is 31.2 Å². The van der Waals surface area contributed by atoms with E-state index in [2.05, 4.69) is 60.7 Å². The number of hydrogen-bond acceptors (Lipinski definition) is 2. The predicted octanol–water partition coefficient (Wildman–Crippen LogP) is 4.52. The molecule has 0 atom stereocenters. The smallest absolute Gasteiger partial charge is 0.135 e. The van der Waals surface area contributed by atoms with E-state index in [1.165, 1.54) is 15.9 Å².